The molecule has 3 rings (SSSR count). The predicted octanol–water partition coefficient (Wildman–Crippen LogP) is 2.73. The fourth-order valence-electron chi connectivity index (χ4n) is 1.96. The molecule has 0 spiro atoms. The molecule has 6 heteroatoms. The third-order valence-corrected chi connectivity index (χ3v) is 4.23. The molecule has 1 aliphatic rings. The monoisotopic (exact) mass is 291 g/mol. The number of nitrogens with zero attached hydrogens (tertiary/aromatic N) is 1. The molecule has 0 radical (unpaired) electrons. The Balaban J connectivity index is 2.00. The first-order valence-electron chi connectivity index (χ1n) is 6.37. The fourth-order valence-corrected chi connectivity index (χ4v) is 2.76. The number of carbonyl (C=O) groups excluding carboxylic acids is 1. The first-order valence-corrected chi connectivity index (χ1v) is 7.25. The van der Waals surface area contributed by atoms with Crippen LogP contribution in [0.5, 0.6) is 0 Å². The highest BCUT2D eigenvalue weighted by Gasteiger charge is 2.27. The Morgan fingerprint density at radius 1 is 1.50 bits per heavy atom. The number of rotatable bonds is 3. The highest BCUT2D eigenvalue weighted by atomic mass is 32.1. The number of thiazole rings is 1. The van der Waals surface area contributed by atoms with E-state index in [2.05, 4.69) is 10.3 Å². The van der Waals surface area contributed by atoms with Gasteiger partial charge in [-0.3, -0.25) is 4.79 Å². The summed E-state index contributed by atoms with van der Waals surface area (Å²) < 4.78 is 14.3. The number of amides is 1. The summed E-state index contributed by atoms with van der Waals surface area (Å²) in [6.45, 7) is 1.62. The van der Waals surface area contributed by atoms with Crippen LogP contribution in [0, 0.1) is 12.7 Å². The van der Waals surface area contributed by atoms with Crippen LogP contribution in [0.1, 0.15) is 28.9 Å². The summed E-state index contributed by atoms with van der Waals surface area (Å²) in [5.41, 5.74) is 8.69. The third-order valence-electron chi connectivity index (χ3n) is 3.37. The lowest BCUT2D eigenvalue weighted by Gasteiger charge is -2.08. The van der Waals surface area contributed by atoms with Gasteiger partial charge < -0.3 is 11.1 Å². The highest BCUT2D eigenvalue weighted by molar-refractivity contribution is 7.13. The number of aromatic nitrogens is 1. The van der Waals surface area contributed by atoms with Crippen molar-refractivity contribution in [2.24, 2.45) is 0 Å². The second-order valence-electron chi connectivity index (χ2n) is 4.92. The minimum absolute atomic E-state index is 0.238. The van der Waals surface area contributed by atoms with Gasteiger partial charge in [0.15, 0.2) is 0 Å². The van der Waals surface area contributed by atoms with Gasteiger partial charge in [0.25, 0.3) is 5.91 Å². The third kappa shape index (κ3) is 2.27. The van der Waals surface area contributed by atoms with Crippen molar-refractivity contribution < 1.29 is 9.18 Å². The van der Waals surface area contributed by atoms with E-state index in [4.69, 9.17) is 5.73 Å². The summed E-state index contributed by atoms with van der Waals surface area (Å²) >= 11 is 1.25. The van der Waals surface area contributed by atoms with Gasteiger partial charge in [-0.25, -0.2) is 9.37 Å². The predicted molar refractivity (Wildman–Crippen MR) is 77.1 cm³/mol. The Kier molecular flexibility index (Phi) is 3.17. The van der Waals surface area contributed by atoms with Crippen molar-refractivity contribution in [1.82, 2.24) is 10.3 Å². The first kappa shape index (κ1) is 13.1. The number of nitrogens with two attached hydrogens (primary N) is 1. The lowest BCUT2D eigenvalue weighted by Crippen LogP contribution is -2.26. The number of nitrogens with one attached hydrogen (secondary N) is 1. The number of benzene rings is 1. The maximum Gasteiger partial charge on any atom is 0.271 e. The van der Waals surface area contributed by atoms with Crippen LogP contribution in [0.25, 0.3) is 10.4 Å². The number of anilines is 1. The maximum absolute atomic E-state index is 14.3. The summed E-state index contributed by atoms with van der Waals surface area (Å²) in [5, 5.41) is 2.87. The van der Waals surface area contributed by atoms with Crippen molar-refractivity contribution in [2.45, 2.75) is 25.8 Å². The Labute approximate surface area is 119 Å². The molecule has 0 atom stereocenters. The van der Waals surface area contributed by atoms with Gasteiger partial charge in [0, 0.05) is 22.9 Å². The van der Waals surface area contributed by atoms with Crippen LogP contribution in [-0.4, -0.2) is 16.9 Å². The average Bonchev–Trinajstić information content (AvgIpc) is 3.10. The Morgan fingerprint density at radius 3 is 2.95 bits per heavy atom. The topological polar surface area (TPSA) is 68.0 Å². The van der Waals surface area contributed by atoms with Crippen LogP contribution in [0.3, 0.4) is 0 Å². The van der Waals surface area contributed by atoms with E-state index in [1.54, 1.807) is 24.6 Å². The minimum atomic E-state index is -0.394. The zero-order valence-electron chi connectivity index (χ0n) is 10.9. The molecule has 4 nitrogen and oxygen atoms in total. The van der Waals surface area contributed by atoms with Gasteiger partial charge in [0.05, 0.1) is 10.4 Å². The summed E-state index contributed by atoms with van der Waals surface area (Å²) in [4.78, 5) is 16.7. The van der Waals surface area contributed by atoms with Crippen LogP contribution >= 0.6 is 11.3 Å². The van der Waals surface area contributed by atoms with Gasteiger partial charge in [-0.2, -0.15) is 0 Å². The zero-order chi connectivity index (χ0) is 14.3. The van der Waals surface area contributed by atoms with E-state index >= 15 is 0 Å². The van der Waals surface area contributed by atoms with Gasteiger partial charge in [-0.1, -0.05) is 0 Å². The lowest BCUT2D eigenvalue weighted by atomic mass is 10.1. The Morgan fingerprint density at radius 2 is 2.25 bits per heavy atom. The van der Waals surface area contributed by atoms with E-state index in [1.807, 2.05) is 0 Å². The molecule has 1 aliphatic carbocycles. The van der Waals surface area contributed by atoms with Gasteiger partial charge in [0.2, 0.25) is 0 Å². The molecule has 0 saturated heterocycles. The average molecular weight is 291 g/mol. The van der Waals surface area contributed by atoms with Crippen molar-refractivity contribution in [2.75, 3.05) is 5.73 Å². The number of nitrogen functional groups attached to an aromatic ring is 1. The molecule has 1 aromatic carbocycles. The van der Waals surface area contributed by atoms with E-state index in [1.165, 1.54) is 11.3 Å². The molecular formula is C14H14FN3OS. The number of hydrogen-bond acceptors (Lipinski definition) is 4. The molecule has 104 valence electrons. The van der Waals surface area contributed by atoms with Crippen LogP contribution in [0.15, 0.2) is 17.6 Å². The van der Waals surface area contributed by atoms with Crippen LogP contribution in [0.4, 0.5) is 10.1 Å². The molecule has 0 aliphatic heterocycles. The van der Waals surface area contributed by atoms with Crippen LogP contribution in [0.2, 0.25) is 0 Å². The molecule has 3 N–H and O–H groups in total. The Bertz CT molecular complexity index is 679. The molecule has 1 heterocycles. The second kappa shape index (κ2) is 4.86. The summed E-state index contributed by atoms with van der Waals surface area (Å²) in [6, 6.07) is 3.49. The van der Waals surface area contributed by atoms with Crippen molar-refractivity contribution >= 4 is 22.9 Å². The zero-order valence-corrected chi connectivity index (χ0v) is 11.8. The summed E-state index contributed by atoms with van der Waals surface area (Å²) in [7, 11) is 0. The molecule has 1 amide bonds. The lowest BCUT2D eigenvalue weighted by molar-refractivity contribution is 0.0947. The first-order chi connectivity index (χ1) is 9.58. The van der Waals surface area contributed by atoms with Gasteiger partial charge >= 0.3 is 0 Å². The molecule has 20 heavy (non-hydrogen) atoms. The van der Waals surface area contributed by atoms with E-state index in [-0.39, 0.29) is 17.6 Å². The molecule has 2 aromatic rings. The van der Waals surface area contributed by atoms with E-state index in [0.29, 0.717) is 21.7 Å². The van der Waals surface area contributed by atoms with Crippen LogP contribution < -0.4 is 11.1 Å². The normalized spacial score (nSPS) is 14.3. The largest absolute Gasteiger partial charge is 0.398 e. The SMILES string of the molecule is Cc1c(N)ccc(-c2scnc2C(=O)NC2CC2)c1F. The maximum atomic E-state index is 14.3. The number of hydrogen-bond donors (Lipinski definition) is 2. The van der Waals surface area contributed by atoms with Gasteiger partial charge in [0.1, 0.15) is 11.5 Å². The van der Waals surface area contributed by atoms with Gasteiger partial charge in [-0.15, -0.1) is 11.3 Å². The van der Waals surface area contributed by atoms with Gasteiger partial charge in [-0.05, 0) is 31.9 Å². The van der Waals surface area contributed by atoms with Crippen molar-refractivity contribution in [1.29, 1.82) is 0 Å². The summed E-state index contributed by atoms with van der Waals surface area (Å²) in [5.74, 6) is -0.632. The van der Waals surface area contributed by atoms with E-state index < -0.39 is 5.82 Å². The van der Waals surface area contributed by atoms with Crippen molar-refractivity contribution in [3.05, 3.63) is 34.7 Å². The molecule has 0 bridgehead atoms. The standard InChI is InChI=1S/C14H14FN3OS/c1-7-10(16)5-4-9(11(7)15)13-12(17-6-20-13)14(19)18-8-2-3-8/h4-6,8H,2-3,16H2,1H3,(H,18,19). The van der Waals surface area contributed by atoms with Crippen molar-refractivity contribution in [3.63, 3.8) is 0 Å². The second-order valence-corrected chi connectivity index (χ2v) is 5.77. The van der Waals surface area contributed by atoms with Crippen molar-refractivity contribution in [3.8, 4) is 10.4 Å². The van der Waals surface area contributed by atoms with E-state index in [0.717, 1.165) is 12.8 Å². The molecule has 1 saturated carbocycles. The quantitative estimate of drug-likeness (QED) is 0.854. The fraction of sp³-hybridized carbons (Fsp3) is 0.286. The summed E-state index contributed by atoms with van der Waals surface area (Å²) in [6.07, 6.45) is 2.00. The number of halogens is 1. The van der Waals surface area contributed by atoms with Crippen LogP contribution in [-0.2, 0) is 0 Å². The highest BCUT2D eigenvalue weighted by Crippen LogP contribution is 2.33. The molecule has 1 aromatic heterocycles. The smallest absolute Gasteiger partial charge is 0.271 e. The molecule has 0 unspecified atom stereocenters. The Hall–Kier alpha value is -1.95. The molecular weight excluding hydrogens is 277 g/mol. The minimum Gasteiger partial charge on any atom is -0.398 e. The van der Waals surface area contributed by atoms with E-state index in [9.17, 15) is 9.18 Å². The number of carbonyl (C=O) groups is 1. The molecule has 1 fully saturated rings.